The third-order valence-corrected chi connectivity index (χ3v) is 3.42. The Hall–Kier alpha value is -1.00. The van der Waals surface area contributed by atoms with E-state index >= 15 is 0 Å². The van der Waals surface area contributed by atoms with Crippen LogP contribution in [0.5, 0.6) is 0 Å². The van der Waals surface area contributed by atoms with Crippen molar-refractivity contribution in [3.8, 4) is 0 Å². The average Bonchev–Trinajstić information content (AvgIpc) is 2.80. The molecule has 4 nitrogen and oxygen atoms in total. The lowest BCUT2D eigenvalue weighted by atomic mass is 10.1. The van der Waals surface area contributed by atoms with E-state index in [9.17, 15) is 0 Å². The van der Waals surface area contributed by atoms with Gasteiger partial charge in [0.05, 0.1) is 6.61 Å². The molecule has 0 saturated carbocycles. The van der Waals surface area contributed by atoms with Crippen LogP contribution < -0.4 is 5.32 Å². The fourth-order valence-electron chi connectivity index (χ4n) is 2.25. The van der Waals surface area contributed by atoms with Crippen molar-refractivity contribution in [3.63, 3.8) is 0 Å². The molecular weight excluding hydrogens is 226 g/mol. The first-order chi connectivity index (χ1) is 8.58. The van der Waals surface area contributed by atoms with Crippen LogP contribution in [0.3, 0.4) is 0 Å². The van der Waals surface area contributed by atoms with Crippen molar-refractivity contribution < 1.29 is 4.74 Å². The van der Waals surface area contributed by atoms with Gasteiger partial charge in [0.1, 0.15) is 5.82 Å². The van der Waals surface area contributed by atoms with Gasteiger partial charge in [-0.3, -0.25) is 0 Å². The van der Waals surface area contributed by atoms with E-state index in [1.807, 2.05) is 0 Å². The highest BCUT2D eigenvalue weighted by Crippen LogP contribution is 2.23. The normalized spacial score (nSPS) is 19.7. The van der Waals surface area contributed by atoms with Crippen molar-refractivity contribution in [2.24, 2.45) is 0 Å². The highest BCUT2D eigenvalue weighted by atomic mass is 16.5. The molecule has 0 spiro atoms. The molecule has 0 aromatic carbocycles. The predicted molar refractivity (Wildman–Crippen MR) is 71.7 cm³/mol. The molecule has 100 valence electrons. The molecule has 2 heterocycles. The number of nitrogens with one attached hydrogen (secondary N) is 1. The predicted octanol–water partition coefficient (Wildman–Crippen LogP) is 2.10. The second-order valence-electron chi connectivity index (χ2n) is 5.33. The maximum Gasteiger partial charge on any atom is 0.134 e. The van der Waals surface area contributed by atoms with Gasteiger partial charge < -0.3 is 10.1 Å². The number of aryl methyl sites for hydroxylation is 2. The Balaban J connectivity index is 2.17. The molecule has 1 fully saturated rings. The van der Waals surface area contributed by atoms with Crippen LogP contribution in [0.4, 0.5) is 0 Å². The smallest absolute Gasteiger partial charge is 0.134 e. The van der Waals surface area contributed by atoms with Crippen molar-refractivity contribution in [1.29, 1.82) is 0 Å². The molecule has 0 aliphatic carbocycles. The minimum Gasteiger partial charge on any atom is -0.381 e. The van der Waals surface area contributed by atoms with Crippen LogP contribution in [0.2, 0.25) is 0 Å². The summed E-state index contributed by atoms with van der Waals surface area (Å²) >= 11 is 0. The third-order valence-electron chi connectivity index (χ3n) is 3.42. The van der Waals surface area contributed by atoms with Gasteiger partial charge in [-0.2, -0.15) is 0 Å². The van der Waals surface area contributed by atoms with E-state index < -0.39 is 0 Å². The van der Waals surface area contributed by atoms with Gasteiger partial charge in [0.2, 0.25) is 0 Å². The van der Waals surface area contributed by atoms with E-state index in [-0.39, 0.29) is 0 Å². The van der Waals surface area contributed by atoms with Gasteiger partial charge in [0, 0.05) is 42.1 Å². The van der Waals surface area contributed by atoms with Gasteiger partial charge in [0.15, 0.2) is 0 Å². The highest BCUT2D eigenvalue weighted by molar-refractivity contribution is 5.25. The van der Waals surface area contributed by atoms with Crippen LogP contribution >= 0.6 is 0 Å². The molecule has 1 unspecified atom stereocenters. The van der Waals surface area contributed by atoms with Crippen LogP contribution in [0.25, 0.3) is 0 Å². The first-order valence-corrected chi connectivity index (χ1v) is 6.73. The fraction of sp³-hybridized carbons (Fsp3) is 0.714. The van der Waals surface area contributed by atoms with Gasteiger partial charge in [-0.15, -0.1) is 0 Å². The molecule has 0 amide bonds. The topological polar surface area (TPSA) is 47.0 Å². The van der Waals surface area contributed by atoms with Gasteiger partial charge in [-0.1, -0.05) is 13.8 Å². The summed E-state index contributed by atoms with van der Waals surface area (Å²) in [5, 5.41) is 3.43. The molecule has 0 bridgehead atoms. The maximum atomic E-state index is 5.41. The van der Waals surface area contributed by atoms with E-state index in [1.54, 1.807) is 0 Å². The first kappa shape index (κ1) is 13.4. The summed E-state index contributed by atoms with van der Waals surface area (Å²) in [5.41, 5.74) is 3.42. The molecule has 1 N–H and O–H groups in total. The SMILES string of the molecule is Cc1nc(C2CCOC2)nc(C)c1CNC(C)C. The number of hydrogen-bond donors (Lipinski definition) is 1. The summed E-state index contributed by atoms with van der Waals surface area (Å²) in [6, 6.07) is 0.478. The summed E-state index contributed by atoms with van der Waals surface area (Å²) in [5.74, 6) is 1.34. The zero-order chi connectivity index (χ0) is 13.1. The first-order valence-electron chi connectivity index (χ1n) is 6.73. The number of ether oxygens (including phenoxy) is 1. The third kappa shape index (κ3) is 3.06. The van der Waals surface area contributed by atoms with Gasteiger partial charge in [-0.05, 0) is 20.3 Å². The summed E-state index contributed by atoms with van der Waals surface area (Å²) in [4.78, 5) is 9.33. The Morgan fingerprint density at radius 2 is 1.94 bits per heavy atom. The van der Waals surface area contributed by atoms with Gasteiger partial charge >= 0.3 is 0 Å². The molecule has 2 rings (SSSR count). The average molecular weight is 249 g/mol. The fourth-order valence-corrected chi connectivity index (χ4v) is 2.25. The molecular formula is C14H23N3O. The second-order valence-corrected chi connectivity index (χ2v) is 5.33. The van der Waals surface area contributed by atoms with Crippen LogP contribution in [-0.2, 0) is 11.3 Å². The number of nitrogens with zero attached hydrogens (tertiary/aromatic N) is 2. The Bertz CT molecular complexity index is 388. The van der Waals surface area contributed by atoms with E-state index in [1.165, 1.54) is 5.56 Å². The van der Waals surface area contributed by atoms with Crippen molar-refractivity contribution in [1.82, 2.24) is 15.3 Å². The molecule has 1 aromatic rings. The van der Waals surface area contributed by atoms with Gasteiger partial charge in [-0.25, -0.2) is 9.97 Å². The van der Waals surface area contributed by atoms with Crippen molar-refractivity contribution >= 4 is 0 Å². The monoisotopic (exact) mass is 249 g/mol. The Kier molecular flexibility index (Phi) is 4.30. The number of hydrogen-bond acceptors (Lipinski definition) is 4. The van der Waals surface area contributed by atoms with E-state index in [0.29, 0.717) is 12.0 Å². The molecule has 1 saturated heterocycles. The van der Waals surface area contributed by atoms with E-state index in [0.717, 1.165) is 43.4 Å². The summed E-state index contributed by atoms with van der Waals surface area (Å²) < 4.78 is 5.41. The van der Waals surface area contributed by atoms with Gasteiger partial charge in [0.25, 0.3) is 0 Å². The minimum absolute atomic E-state index is 0.384. The standard InChI is InChI=1S/C14H23N3O/c1-9(2)15-7-13-10(3)16-14(17-11(13)4)12-5-6-18-8-12/h9,12,15H,5-8H2,1-4H3. The van der Waals surface area contributed by atoms with Crippen LogP contribution in [0, 0.1) is 13.8 Å². The Morgan fingerprint density at radius 1 is 1.28 bits per heavy atom. The van der Waals surface area contributed by atoms with Crippen molar-refractivity contribution in [2.45, 2.75) is 52.6 Å². The molecule has 1 aromatic heterocycles. The lowest BCUT2D eigenvalue weighted by Crippen LogP contribution is -2.24. The van der Waals surface area contributed by atoms with Crippen LogP contribution in [0.15, 0.2) is 0 Å². The molecule has 1 atom stereocenters. The molecule has 18 heavy (non-hydrogen) atoms. The summed E-state index contributed by atoms with van der Waals surface area (Å²) in [6.45, 7) is 10.9. The maximum absolute atomic E-state index is 5.41. The minimum atomic E-state index is 0.384. The zero-order valence-corrected chi connectivity index (χ0v) is 11.8. The van der Waals surface area contributed by atoms with Crippen molar-refractivity contribution in [2.75, 3.05) is 13.2 Å². The largest absolute Gasteiger partial charge is 0.381 e. The number of aromatic nitrogens is 2. The Morgan fingerprint density at radius 3 is 2.44 bits per heavy atom. The zero-order valence-electron chi connectivity index (χ0n) is 11.8. The van der Waals surface area contributed by atoms with Crippen molar-refractivity contribution in [3.05, 3.63) is 22.8 Å². The summed E-state index contributed by atoms with van der Waals surface area (Å²) in [7, 11) is 0. The number of rotatable bonds is 4. The lowest BCUT2D eigenvalue weighted by Gasteiger charge is -2.15. The highest BCUT2D eigenvalue weighted by Gasteiger charge is 2.22. The quantitative estimate of drug-likeness (QED) is 0.887. The second kappa shape index (κ2) is 5.76. The van der Waals surface area contributed by atoms with E-state index in [2.05, 4.69) is 43.0 Å². The summed E-state index contributed by atoms with van der Waals surface area (Å²) in [6.07, 6.45) is 1.04. The lowest BCUT2D eigenvalue weighted by molar-refractivity contribution is 0.193. The van der Waals surface area contributed by atoms with Crippen LogP contribution in [0.1, 0.15) is 49.0 Å². The molecule has 0 radical (unpaired) electrons. The molecule has 4 heteroatoms. The Labute approximate surface area is 109 Å². The molecule has 1 aliphatic rings. The van der Waals surface area contributed by atoms with E-state index in [4.69, 9.17) is 4.74 Å². The van der Waals surface area contributed by atoms with Crippen LogP contribution in [-0.4, -0.2) is 29.2 Å². The molecule has 1 aliphatic heterocycles.